The molecule has 3 aromatic carbocycles. The number of amides is 2. The van der Waals surface area contributed by atoms with Crippen LogP contribution in [-0.4, -0.2) is 35.3 Å². The average molecular weight is 460 g/mol. The van der Waals surface area contributed by atoms with E-state index in [-0.39, 0.29) is 18.4 Å². The molecule has 0 aliphatic rings. The molecule has 6 nitrogen and oxygen atoms in total. The number of thioether (sulfide) groups is 1. The molecule has 0 saturated carbocycles. The summed E-state index contributed by atoms with van der Waals surface area (Å²) in [5.41, 5.74) is 4.80. The van der Waals surface area contributed by atoms with Gasteiger partial charge in [0.25, 0.3) is 11.1 Å². The number of oxazole rings is 1. The molecular weight excluding hydrogens is 434 g/mol. The van der Waals surface area contributed by atoms with Crippen molar-refractivity contribution in [1.29, 1.82) is 0 Å². The number of hydrogen-bond acceptors (Lipinski definition) is 5. The minimum Gasteiger partial charge on any atom is -0.431 e. The first-order valence-corrected chi connectivity index (χ1v) is 11.7. The summed E-state index contributed by atoms with van der Waals surface area (Å²) >= 11 is 1.43. The number of hydrogen-bond donors (Lipinski definition) is 1. The molecule has 1 N–H and O–H groups in total. The van der Waals surface area contributed by atoms with Gasteiger partial charge in [-0.3, -0.25) is 9.59 Å². The summed E-state index contributed by atoms with van der Waals surface area (Å²) in [5, 5.41) is 3.47. The zero-order valence-electron chi connectivity index (χ0n) is 18.6. The Hall–Kier alpha value is -3.58. The van der Waals surface area contributed by atoms with E-state index in [1.807, 2.05) is 73.7 Å². The SMILES string of the molecule is CCc1ccccc1NC(=O)CN(C)C(=O)c1ccccc1CSc1nc2ccccc2o1. The van der Waals surface area contributed by atoms with Crippen LogP contribution in [0, 0.1) is 0 Å². The fourth-order valence-corrected chi connectivity index (χ4v) is 4.38. The van der Waals surface area contributed by atoms with Crippen molar-refractivity contribution in [2.24, 2.45) is 0 Å². The lowest BCUT2D eigenvalue weighted by atomic mass is 10.1. The summed E-state index contributed by atoms with van der Waals surface area (Å²) in [4.78, 5) is 31.6. The molecule has 2 amide bonds. The highest BCUT2D eigenvalue weighted by Gasteiger charge is 2.19. The summed E-state index contributed by atoms with van der Waals surface area (Å²) in [7, 11) is 1.64. The van der Waals surface area contributed by atoms with Gasteiger partial charge in [0.15, 0.2) is 5.58 Å². The second kappa shape index (κ2) is 10.4. The molecule has 0 atom stereocenters. The zero-order valence-corrected chi connectivity index (χ0v) is 19.4. The van der Waals surface area contributed by atoms with E-state index in [9.17, 15) is 9.59 Å². The Morgan fingerprint density at radius 2 is 1.67 bits per heavy atom. The predicted octanol–water partition coefficient (Wildman–Crippen LogP) is 5.39. The maximum absolute atomic E-state index is 13.1. The lowest BCUT2D eigenvalue weighted by molar-refractivity contribution is -0.116. The summed E-state index contributed by atoms with van der Waals surface area (Å²) < 4.78 is 5.77. The molecular formula is C26H25N3O3S. The summed E-state index contributed by atoms with van der Waals surface area (Å²) in [6.07, 6.45) is 0.816. The fourth-order valence-electron chi connectivity index (χ4n) is 3.54. The van der Waals surface area contributed by atoms with Gasteiger partial charge in [-0.1, -0.05) is 67.2 Å². The molecule has 0 fully saturated rings. The van der Waals surface area contributed by atoms with Crippen LogP contribution in [0.4, 0.5) is 5.69 Å². The van der Waals surface area contributed by atoms with Crippen molar-refractivity contribution in [2.75, 3.05) is 18.9 Å². The number of benzene rings is 3. The van der Waals surface area contributed by atoms with Gasteiger partial charge in [0, 0.05) is 24.1 Å². The number of likely N-dealkylation sites (N-methyl/N-ethyl adjacent to an activating group) is 1. The normalized spacial score (nSPS) is 10.8. The van der Waals surface area contributed by atoms with Crippen molar-refractivity contribution < 1.29 is 14.0 Å². The first-order valence-electron chi connectivity index (χ1n) is 10.7. The number of fused-ring (bicyclic) bond motifs is 1. The molecule has 0 saturated heterocycles. The van der Waals surface area contributed by atoms with E-state index in [4.69, 9.17) is 4.42 Å². The first-order chi connectivity index (χ1) is 16.0. The summed E-state index contributed by atoms with van der Waals surface area (Å²) in [5.74, 6) is 0.0892. The van der Waals surface area contributed by atoms with Crippen molar-refractivity contribution in [2.45, 2.75) is 24.3 Å². The van der Waals surface area contributed by atoms with Crippen molar-refractivity contribution in [3.05, 3.63) is 89.5 Å². The number of anilines is 1. The van der Waals surface area contributed by atoms with Crippen LogP contribution in [0.25, 0.3) is 11.1 Å². The minimum absolute atomic E-state index is 0.0382. The highest BCUT2D eigenvalue weighted by molar-refractivity contribution is 7.98. The highest BCUT2D eigenvalue weighted by atomic mass is 32.2. The standard InChI is InChI=1S/C26H25N3O3S/c1-3-18-10-5-7-13-21(18)27-24(30)16-29(2)25(31)20-12-6-4-11-19(20)17-33-26-28-22-14-8-9-15-23(22)32-26/h4-15H,3,16-17H2,1-2H3,(H,27,30). The number of carbonyl (C=O) groups is 2. The number of rotatable bonds is 8. The number of para-hydroxylation sites is 3. The fraction of sp³-hybridized carbons (Fsp3) is 0.192. The van der Waals surface area contributed by atoms with Gasteiger partial charge >= 0.3 is 0 Å². The Labute approximate surface area is 197 Å². The summed E-state index contributed by atoms with van der Waals surface area (Å²) in [6.45, 7) is 2.00. The lowest BCUT2D eigenvalue weighted by Crippen LogP contribution is -2.35. The maximum atomic E-state index is 13.1. The Morgan fingerprint density at radius 3 is 2.45 bits per heavy atom. The molecule has 0 aliphatic heterocycles. The quantitative estimate of drug-likeness (QED) is 0.358. The topological polar surface area (TPSA) is 75.4 Å². The molecule has 4 rings (SSSR count). The number of aromatic nitrogens is 1. The van der Waals surface area contributed by atoms with Crippen LogP contribution in [0.5, 0.6) is 0 Å². The molecule has 0 aliphatic carbocycles. The maximum Gasteiger partial charge on any atom is 0.257 e. The van der Waals surface area contributed by atoms with E-state index in [1.54, 1.807) is 13.1 Å². The molecule has 4 aromatic rings. The molecule has 7 heteroatoms. The molecule has 0 spiro atoms. The minimum atomic E-state index is -0.231. The predicted molar refractivity (Wildman–Crippen MR) is 131 cm³/mol. The van der Waals surface area contributed by atoms with Crippen LogP contribution in [-0.2, 0) is 17.0 Å². The molecule has 33 heavy (non-hydrogen) atoms. The van der Waals surface area contributed by atoms with Gasteiger partial charge in [0.1, 0.15) is 5.52 Å². The highest BCUT2D eigenvalue weighted by Crippen LogP contribution is 2.27. The number of nitrogens with zero attached hydrogens (tertiary/aromatic N) is 2. The van der Waals surface area contributed by atoms with E-state index in [0.717, 1.165) is 34.3 Å². The van der Waals surface area contributed by atoms with E-state index in [1.165, 1.54) is 16.7 Å². The van der Waals surface area contributed by atoms with E-state index < -0.39 is 0 Å². The average Bonchev–Trinajstić information content (AvgIpc) is 3.26. The number of carbonyl (C=O) groups excluding carboxylic acids is 2. The zero-order chi connectivity index (χ0) is 23.2. The lowest BCUT2D eigenvalue weighted by Gasteiger charge is -2.19. The van der Waals surface area contributed by atoms with Crippen LogP contribution >= 0.6 is 11.8 Å². The second-order valence-electron chi connectivity index (χ2n) is 7.61. The summed E-state index contributed by atoms with van der Waals surface area (Å²) in [6, 6.07) is 22.7. The largest absolute Gasteiger partial charge is 0.431 e. The molecule has 168 valence electrons. The number of nitrogens with one attached hydrogen (secondary N) is 1. The van der Waals surface area contributed by atoms with Gasteiger partial charge in [-0.15, -0.1) is 0 Å². The van der Waals surface area contributed by atoms with E-state index >= 15 is 0 Å². The van der Waals surface area contributed by atoms with Gasteiger partial charge in [-0.2, -0.15) is 0 Å². The van der Waals surface area contributed by atoms with Gasteiger partial charge in [0.05, 0.1) is 6.54 Å². The third-order valence-corrected chi connectivity index (χ3v) is 6.15. The Balaban J connectivity index is 1.41. The number of aryl methyl sites for hydroxylation is 1. The molecule has 1 heterocycles. The van der Waals surface area contributed by atoms with E-state index in [0.29, 0.717) is 16.5 Å². The Morgan fingerprint density at radius 1 is 0.970 bits per heavy atom. The third kappa shape index (κ3) is 5.43. The van der Waals surface area contributed by atoms with Crippen molar-refractivity contribution >= 4 is 40.4 Å². The third-order valence-electron chi connectivity index (χ3n) is 5.27. The van der Waals surface area contributed by atoms with Crippen molar-refractivity contribution in [3.8, 4) is 0 Å². The Kier molecular flexibility index (Phi) is 7.10. The van der Waals surface area contributed by atoms with E-state index in [2.05, 4.69) is 10.3 Å². The molecule has 1 aromatic heterocycles. The van der Waals surface area contributed by atoms with Crippen molar-refractivity contribution in [1.82, 2.24) is 9.88 Å². The van der Waals surface area contributed by atoms with Gasteiger partial charge < -0.3 is 14.6 Å². The monoisotopic (exact) mass is 459 g/mol. The van der Waals surface area contributed by atoms with Crippen LogP contribution < -0.4 is 5.32 Å². The molecule has 0 radical (unpaired) electrons. The molecule has 0 bridgehead atoms. The second-order valence-corrected chi connectivity index (χ2v) is 8.54. The van der Waals surface area contributed by atoms with Crippen LogP contribution in [0.3, 0.4) is 0 Å². The van der Waals surface area contributed by atoms with Crippen LogP contribution in [0.1, 0.15) is 28.4 Å². The smallest absolute Gasteiger partial charge is 0.257 e. The van der Waals surface area contributed by atoms with Crippen LogP contribution in [0.15, 0.2) is 82.4 Å². The van der Waals surface area contributed by atoms with Gasteiger partial charge in [0.2, 0.25) is 5.91 Å². The van der Waals surface area contributed by atoms with Crippen molar-refractivity contribution in [3.63, 3.8) is 0 Å². The Bertz CT molecular complexity index is 1250. The van der Waals surface area contributed by atoms with Crippen LogP contribution in [0.2, 0.25) is 0 Å². The van der Waals surface area contributed by atoms with Gasteiger partial charge in [-0.25, -0.2) is 4.98 Å². The van der Waals surface area contributed by atoms with Gasteiger partial charge in [-0.05, 0) is 41.8 Å². The first kappa shape index (κ1) is 22.6. The molecule has 0 unspecified atom stereocenters.